The molecule has 2 heterocycles. The van der Waals surface area contributed by atoms with Crippen molar-refractivity contribution in [3.8, 4) is 11.1 Å². The lowest BCUT2D eigenvalue weighted by atomic mass is 9.82. The van der Waals surface area contributed by atoms with Crippen LogP contribution in [0, 0.1) is 0 Å². The van der Waals surface area contributed by atoms with E-state index in [2.05, 4.69) is 10.3 Å². The van der Waals surface area contributed by atoms with Gasteiger partial charge in [-0.25, -0.2) is 4.98 Å². The molecule has 0 spiro atoms. The molecule has 1 atom stereocenters. The Balaban J connectivity index is 1.70. The third-order valence-corrected chi connectivity index (χ3v) is 7.21. The van der Waals surface area contributed by atoms with Crippen molar-refractivity contribution < 1.29 is 14.7 Å². The molecule has 0 saturated heterocycles. The Morgan fingerprint density at radius 1 is 1.02 bits per heavy atom. The number of carbonyl (C=O) groups is 2. The first kappa shape index (κ1) is 26.9. The number of aliphatic hydroxyl groups is 1. The van der Waals surface area contributed by atoms with E-state index in [-0.39, 0.29) is 12.1 Å². The van der Waals surface area contributed by atoms with Gasteiger partial charge in [-0.3, -0.25) is 14.4 Å². The highest BCUT2D eigenvalue weighted by atomic mass is 35.5. The molecule has 3 aromatic carbocycles. The topological polar surface area (TPSA) is 132 Å². The first-order valence-electron chi connectivity index (χ1n) is 12.4. The molecule has 2 aromatic heterocycles. The molecule has 4 N–H and O–H groups in total. The molecule has 2 amide bonds. The van der Waals surface area contributed by atoms with Gasteiger partial charge in [0.1, 0.15) is 0 Å². The highest BCUT2D eigenvalue weighted by molar-refractivity contribution is 6.30. The number of nitrogens with two attached hydrogens (primary N) is 1. The van der Waals surface area contributed by atoms with Crippen molar-refractivity contribution in [1.29, 1.82) is 0 Å². The number of hydrogen-bond donors (Lipinski definition) is 3. The first-order chi connectivity index (χ1) is 19.1. The highest BCUT2D eigenvalue weighted by Gasteiger charge is 2.37. The third-order valence-electron chi connectivity index (χ3n) is 6.98. The molecule has 40 heavy (non-hydrogen) atoms. The molecule has 202 valence electrons. The van der Waals surface area contributed by atoms with Crippen molar-refractivity contribution in [2.75, 3.05) is 6.54 Å². The number of halogens is 1. The highest BCUT2D eigenvalue weighted by Crippen LogP contribution is 2.39. The molecule has 0 bridgehead atoms. The maximum absolute atomic E-state index is 12.8. The van der Waals surface area contributed by atoms with Crippen LogP contribution in [0.5, 0.6) is 0 Å². The summed E-state index contributed by atoms with van der Waals surface area (Å²) in [5.74, 6) is -1.12. The molecule has 9 nitrogen and oxygen atoms in total. The number of rotatable bonds is 7. The van der Waals surface area contributed by atoms with Gasteiger partial charge >= 0.3 is 0 Å². The number of aromatic nitrogens is 3. The van der Waals surface area contributed by atoms with E-state index in [0.29, 0.717) is 38.5 Å². The molecule has 0 aliphatic rings. The van der Waals surface area contributed by atoms with Gasteiger partial charge in [0.15, 0.2) is 5.60 Å². The van der Waals surface area contributed by atoms with Gasteiger partial charge in [-0.05, 0) is 58.7 Å². The van der Waals surface area contributed by atoms with Crippen LogP contribution in [0.25, 0.3) is 22.0 Å². The van der Waals surface area contributed by atoms with Crippen molar-refractivity contribution >= 4 is 34.3 Å². The number of carbonyl (C=O) groups excluding carboxylic acids is 2. The second-order valence-corrected chi connectivity index (χ2v) is 9.96. The number of benzene rings is 3. The molecule has 5 aromatic rings. The standard InChI is InChI=1S/C30H26ClN5O4/c1-35-17-33-15-26(35)30(40,20-8-6-18(7-9-20)29(39)34-16-27(32)37)21-10-11-25-24(13-21)23(14-28(38)36(25)2)19-4-3-5-22(31)12-19/h3-15,17,40H,16H2,1-2H3,(H2,32,37)(H,34,39). The zero-order valence-corrected chi connectivity index (χ0v) is 22.5. The summed E-state index contributed by atoms with van der Waals surface area (Å²) in [6.07, 6.45) is 3.17. The van der Waals surface area contributed by atoms with Gasteiger partial charge in [-0.15, -0.1) is 0 Å². The number of pyridine rings is 1. The van der Waals surface area contributed by atoms with Crippen LogP contribution in [0.3, 0.4) is 0 Å². The van der Waals surface area contributed by atoms with Crippen LogP contribution in [-0.2, 0) is 24.5 Å². The normalized spacial score (nSPS) is 12.7. The average molecular weight is 556 g/mol. The summed E-state index contributed by atoms with van der Waals surface area (Å²) in [6, 6.07) is 20.6. The van der Waals surface area contributed by atoms with Gasteiger partial charge in [0, 0.05) is 36.1 Å². The van der Waals surface area contributed by atoms with Gasteiger partial charge in [0.05, 0.1) is 30.3 Å². The minimum Gasteiger partial charge on any atom is -0.374 e. The number of nitrogens with one attached hydrogen (secondary N) is 1. The maximum Gasteiger partial charge on any atom is 0.251 e. The molecule has 10 heteroatoms. The van der Waals surface area contributed by atoms with Crippen LogP contribution < -0.4 is 16.6 Å². The van der Waals surface area contributed by atoms with E-state index in [1.807, 2.05) is 18.2 Å². The Morgan fingerprint density at radius 2 is 1.75 bits per heavy atom. The third kappa shape index (κ3) is 4.76. The smallest absolute Gasteiger partial charge is 0.251 e. The van der Waals surface area contributed by atoms with E-state index in [0.717, 1.165) is 10.9 Å². The van der Waals surface area contributed by atoms with E-state index in [1.54, 1.807) is 90.4 Å². The zero-order chi connectivity index (χ0) is 28.6. The number of amides is 2. The minimum absolute atomic E-state index is 0.178. The van der Waals surface area contributed by atoms with Crippen molar-refractivity contribution in [3.63, 3.8) is 0 Å². The van der Waals surface area contributed by atoms with Crippen LogP contribution in [0.2, 0.25) is 5.02 Å². The van der Waals surface area contributed by atoms with E-state index in [4.69, 9.17) is 17.3 Å². The monoisotopic (exact) mass is 555 g/mol. The van der Waals surface area contributed by atoms with Gasteiger partial charge in [-0.1, -0.05) is 41.9 Å². The van der Waals surface area contributed by atoms with E-state index < -0.39 is 17.4 Å². The van der Waals surface area contributed by atoms with Crippen LogP contribution in [0.1, 0.15) is 27.2 Å². The molecule has 0 fully saturated rings. The number of fused-ring (bicyclic) bond motifs is 1. The van der Waals surface area contributed by atoms with E-state index in [1.165, 1.54) is 0 Å². The number of imidazole rings is 1. The Kier molecular flexibility index (Phi) is 7.01. The van der Waals surface area contributed by atoms with Crippen LogP contribution in [0.4, 0.5) is 0 Å². The van der Waals surface area contributed by atoms with Crippen molar-refractivity contribution in [3.05, 3.63) is 123 Å². The predicted molar refractivity (Wildman–Crippen MR) is 153 cm³/mol. The number of primary amides is 1. The molecular formula is C30H26ClN5O4. The van der Waals surface area contributed by atoms with Crippen molar-refractivity contribution in [1.82, 2.24) is 19.4 Å². The minimum atomic E-state index is -1.68. The molecule has 0 saturated carbocycles. The Bertz CT molecular complexity index is 1830. The van der Waals surface area contributed by atoms with Gasteiger partial charge in [-0.2, -0.15) is 0 Å². The largest absolute Gasteiger partial charge is 0.374 e. The summed E-state index contributed by atoms with van der Waals surface area (Å²) in [5, 5.41) is 16.2. The Hall–Kier alpha value is -4.73. The summed E-state index contributed by atoms with van der Waals surface area (Å²) >= 11 is 6.27. The Labute approximate surface area is 234 Å². The number of hydrogen-bond acceptors (Lipinski definition) is 5. The fraction of sp³-hybridized carbons (Fsp3) is 0.133. The second kappa shape index (κ2) is 10.4. The SMILES string of the molecule is Cn1cncc1C(O)(c1ccc(C(=O)NCC(N)=O)cc1)c1ccc2c(c1)c(-c1cccc(Cl)c1)cc(=O)n2C. The molecule has 5 rings (SSSR count). The molecular weight excluding hydrogens is 530 g/mol. The molecule has 0 aliphatic carbocycles. The summed E-state index contributed by atoms with van der Waals surface area (Å²) in [7, 11) is 3.47. The quantitative estimate of drug-likeness (QED) is 0.284. The fourth-order valence-electron chi connectivity index (χ4n) is 4.88. The van der Waals surface area contributed by atoms with Crippen molar-refractivity contribution in [2.45, 2.75) is 5.60 Å². The maximum atomic E-state index is 12.8. The van der Waals surface area contributed by atoms with Crippen LogP contribution >= 0.6 is 11.6 Å². The van der Waals surface area contributed by atoms with Gasteiger partial charge in [0.25, 0.3) is 11.5 Å². The molecule has 0 aliphatic heterocycles. The van der Waals surface area contributed by atoms with Gasteiger partial charge < -0.3 is 25.3 Å². The molecule has 1 unspecified atom stereocenters. The Morgan fingerprint density at radius 3 is 2.40 bits per heavy atom. The first-order valence-corrected chi connectivity index (χ1v) is 12.7. The lowest BCUT2D eigenvalue weighted by molar-refractivity contribution is -0.117. The number of nitrogens with zero attached hydrogens (tertiary/aromatic N) is 3. The van der Waals surface area contributed by atoms with Crippen molar-refractivity contribution in [2.24, 2.45) is 19.8 Å². The van der Waals surface area contributed by atoms with Crippen LogP contribution in [-0.4, -0.2) is 37.6 Å². The second-order valence-electron chi connectivity index (χ2n) is 9.52. The summed E-state index contributed by atoms with van der Waals surface area (Å²) in [6.45, 7) is -0.284. The number of aryl methyl sites for hydroxylation is 2. The zero-order valence-electron chi connectivity index (χ0n) is 21.8. The lowest BCUT2D eigenvalue weighted by Crippen LogP contribution is -2.33. The summed E-state index contributed by atoms with van der Waals surface area (Å²) in [5.41, 5.74) is 7.19. The van der Waals surface area contributed by atoms with E-state index in [9.17, 15) is 19.5 Å². The lowest BCUT2D eigenvalue weighted by Gasteiger charge is -2.30. The van der Waals surface area contributed by atoms with E-state index >= 15 is 0 Å². The molecule has 0 radical (unpaired) electrons. The summed E-state index contributed by atoms with van der Waals surface area (Å²) < 4.78 is 3.27. The predicted octanol–water partition coefficient (Wildman–Crippen LogP) is 3.09. The van der Waals surface area contributed by atoms with Crippen LogP contribution in [0.15, 0.2) is 90.1 Å². The van der Waals surface area contributed by atoms with Gasteiger partial charge in [0.2, 0.25) is 5.91 Å². The summed E-state index contributed by atoms with van der Waals surface area (Å²) in [4.78, 5) is 40.5. The fourth-order valence-corrected chi connectivity index (χ4v) is 5.07. The average Bonchev–Trinajstić information content (AvgIpc) is 3.39.